The van der Waals surface area contributed by atoms with Gasteiger partial charge in [0.25, 0.3) is 0 Å². The quantitative estimate of drug-likeness (QED) is 0.409. The largest absolute Gasteiger partial charge is 0.416 e. The third kappa shape index (κ3) is 6.43. The molecule has 1 amide bonds. The van der Waals surface area contributed by atoms with Gasteiger partial charge in [-0.25, -0.2) is 19.1 Å². The predicted octanol–water partition coefficient (Wildman–Crippen LogP) is 3.17. The zero-order valence-electron chi connectivity index (χ0n) is 20.2. The SMILES string of the molecule is CN1C(=O)CCC1c1nc(Cn2nc(-c3ccc(Cl)cc3)n(C[C@H](O)C(F)(F)F)c2=O)nn1CCC(F)(F)F. The summed E-state index contributed by atoms with van der Waals surface area (Å²) in [5, 5.41) is 18.1. The average molecular weight is 582 g/mol. The standard InChI is InChI=1S/C22H22ClF6N7O3/c1-33-14(6-7-17(33)38)19-30-16(31-35(19)9-8-21(24,25)26)11-36-20(39)34(10-15(37)22(27,28)29)18(32-36)12-2-4-13(23)5-3-12/h2-5,14-15,37H,6-11H2,1H3/t14?,15-/m0/s1. The predicted molar refractivity (Wildman–Crippen MR) is 124 cm³/mol. The molecule has 0 aliphatic carbocycles. The van der Waals surface area contributed by atoms with Crippen LogP contribution < -0.4 is 5.69 Å². The summed E-state index contributed by atoms with van der Waals surface area (Å²) in [6, 6.07) is 5.05. The Hall–Kier alpha value is -3.40. The number of halogens is 7. The number of amides is 1. The summed E-state index contributed by atoms with van der Waals surface area (Å²) in [6.45, 7) is -2.25. The Bertz CT molecular complexity index is 1400. The Morgan fingerprint density at radius 2 is 1.74 bits per heavy atom. The second-order valence-electron chi connectivity index (χ2n) is 8.97. The van der Waals surface area contributed by atoms with Gasteiger partial charge in [-0.05, 0) is 30.7 Å². The number of hydrogen-bond acceptors (Lipinski definition) is 6. The van der Waals surface area contributed by atoms with E-state index < -0.39 is 56.2 Å². The molecule has 1 aliphatic heterocycles. The highest BCUT2D eigenvalue weighted by Gasteiger charge is 2.40. The maximum absolute atomic E-state index is 13.1. The molecule has 1 saturated heterocycles. The second-order valence-corrected chi connectivity index (χ2v) is 9.41. The third-order valence-corrected chi connectivity index (χ3v) is 6.44. The first kappa shape index (κ1) is 28.6. The molecule has 0 radical (unpaired) electrons. The van der Waals surface area contributed by atoms with Gasteiger partial charge in [0.15, 0.2) is 17.8 Å². The van der Waals surface area contributed by atoms with Crippen LogP contribution in [0.3, 0.4) is 0 Å². The number of aromatic nitrogens is 6. The molecular weight excluding hydrogens is 560 g/mol. The van der Waals surface area contributed by atoms with Gasteiger partial charge >= 0.3 is 18.0 Å². The maximum atomic E-state index is 13.1. The molecule has 2 atom stereocenters. The molecule has 39 heavy (non-hydrogen) atoms. The van der Waals surface area contributed by atoms with Crippen LogP contribution in [-0.4, -0.2) is 70.5 Å². The molecule has 212 valence electrons. The van der Waals surface area contributed by atoms with Crippen molar-refractivity contribution in [3.8, 4) is 11.4 Å². The number of carbonyl (C=O) groups is 1. The van der Waals surface area contributed by atoms with Crippen molar-refractivity contribution in [2.45, 2.75) is 63.4 Å². The summed E-state index contributed by atoms with van der Waals surface area (Å²) in [4.78, 5) is 30.7. The molecule has 17 heteroatoms. The van der Waals surface area contributed by atoms with E-state index in [0.717, 1.165) is 9.36 Å². The molecule has 0 spiro atoms. The topological polar surface area (TPSA) is 111 Å². The lowest BCUT2D eigenvalue weighted by molar-refractivity contribution is -0.207. The number of likely N-dealkylation sites (tertiary alicyclic amines) is 1. The lowest BCUT2D eigenvalue weighted by Gasteiger charge is -2.19. The van der Waals surface area contributed by atoms with Gasteiger partial charge in [0.1, 0.15) is 12.4 Å². The van der Waals surface area contributed by atoms with E-state index in [1.165, 1.54) is 36.2 Å². The van der Waals surface area contributed by atoms with Gasteiger partial charge in [0.2, 0.25) is 5.91 Å². The van der Waals surface area contributed by atoms with Crippen molar-refractivity contribution >= 4 is 17.5 Å². The summed E-state index contributed by atoms with van der Waals surface area (Å²) in [5.74, 6) is -0.485. The highest BCUT2D eigenvalue weighted by Crippen LogP contribution is 2.31. The number of nitrogens with zero attached hydrogens (tertiary/aromatic N) is 7. The van der Waals surface area contributed by atoms with E-state index in [1.54, 1.807) is 0 Å². The Morgan fingerprint density at radius 1 is 1.08 bits per heavy atom. The minimum absolute atomic E-state index is 0.0838. The Morgan fingerprint density at radius 3 is 2.31 bits per heavy atom. The molecule has 10 nitrogen and oxygen atoms in total. The molecule has 0 bridgehead atoms. The van der Waals surface area contributed by atoms with Crippen LogP contribution >= 0.6 is 11.6 Å². The second kappa shape index (κ2) is 10.6. The number of aliphatic hydroxyl groups excluding tert-OH is 1. The van der Waals surface area contributed by atoms with Gasteiger partial charge in [0, 0.05) is 24.1 Å². The van der Waals surface area contributed by atoms with Crippen molar-refractivity contribution in [2.75, 3.05) is 7.05 Å². The number of aryl methyl sites for hydroxylation is 1. The summed E-state index contributed by atoms with van der Waals surface area (Å²) < 4.78 is 80.4. The van der Waals surface area contributed by atoms with Crippen molar-refractivity contribution in [1.29, 1.82) is 0 Å². The lowest BCUT2D eigenvalue weighted by atomic mass is 10.2. The monoisotopic (exact) mass is 581 g/mol. The van der Waals surface area contributed by atoms with E-state index in [2.05, 4.69) is 15.2 Å². The van der Waals surface area contributed by atoms with Crippen molar-refractivity contribution in [2.24, 2.45) is 0 Å². The van der Waals surface area contributed by atoms with E-state index in [1.807, 2.05) is 0 Å². The fourth-order valence-electron chi connectivity index (χ4n) is 4.15. The number of rotatable bonds is 8. The van der Waals surface area contributed by atoms with E-state index in [-0.39, 0.29) is 35.4 Å². The van der Waals surface area contributed by atoms with Crippen molar-refractivity contribution in [3.05, 3.63) is 51.4 Å². The Balaban J connectivity index is 1.72. The van der Waals surface area contributed by atoms with Crippen LogP contribution in [0.5, 0.6) is 0 Å². The molecule has 1 fully saturated rings. The molecule has 3 heterocycles. The van der Waals surface area contributed by atoms with Crippen LogP contribution in [0.1, 0.15) is 37.0 Å². The third-order valence-electron chi connectivity index (χ3n) is 6.19. The van der Waals surface area contributed by atoms with Crippen molar-refractivity contribution < 1.29 is 36.2 Å². The zero-order chi connectivity index (χ0) is 28.7. The molecule has 1 aromatic carbocycles. The molecule has 1 N–H and O–H groups in total. The number of aliphatic hydroxyl groups is 1. The zero-order valence-corrected chi connectivity index (χ0v) is 21.0. The Kier molecular flexibility index (Phi) is 7.80. The van der Waals surface area contributed by atoms with E-state index >= 15 is 0 Å². The van der Waals surface area contributed by atoms with Crippen LogP contribution in [0, 0.1) is 0 Å². The number of hydrogen-bond donors (Lipinski definition) is 1. The van der Waals surface area contributed by atoms with Gasteiger partial charge in [0.05, 0.1) is 25.6 Å². The first-order valence-electron chi connectivity index (χ1n) is 11.6. The van der Waals surface area contributed by atoms with Gasteiger partial charge in [-0.3, -0.25) is 9.36 Å². The normalized spacial score (nSPS) is 17.3. The van der Waals surface area contributed by atoms with Gasteiger partial charge in [-0.2, -0.15) is 31.4 Å². The van der Waals surface area contributed by atoms with Gasteiger partial charge in [-0.15, -0.1) is 5.10 Å². The minimum atomic E-state index is -5.02. The van der Waals surface area contributed by atoms with Crippen molar-refractivity contribution in [1.82, 2.24) is 34.0 Å². The molecule has 2 aromatic heterocycles. The molecule has 1 unspecified atom stereocenters. The Labute approximate surface area is 221 Å². The number of benzene rings is 1. The van der Waals surface area contributed by atoms with Crippen LogP contribution in [0.4, 0.5) is 26.3 Å². The number of alkyl halides is 6. The first-order chi connectivity index (χ1) is 18.1. The fraction of sp³-hybridized carbons (Fsp3) is 0.500. The average Bonchev–Trinajstić information content (AvgIpc) is 3.49. The smallest absolute Gasteiger partial charge is 0.382 e. The molecule has 1 aliphatic rings. The van der Waals surface area contributed by atoms with Gasteiger partial charge in [-0.1, -0.05) is 11.6 Å². The molecule has 4 rings (SSSR count). The molecular formula is C22H22ClF6N7O3. The summed E-state index contributed by atoms with van der Waals surface area (Å²) in [6.07, 6.45) is -13.2. The van der Waals surface area contributed by atoms with Crippen molar-refractivity contribution in [3.63, 3.8) is 0 Å². The minimum Gasteiger partial charge on any atom is -0.382 e. The first-order valence-corrected chi connectivity index (χ1v) is 12.0. The molecule has 3 aromatic rings. The van der Waals surface area contributed by atoms with Gasteiger partial charge < -0.3 is 10.0 Å². The fourth-order valence-corrected chi connectivity index (χ4v) is 4.28. The number of carbonyl (C=O) groups excluding carboxylic acids is 1. The maximum Gasteiger partial charge on any atom is 0.416 e. The summed E-state index contributed by atoms with van der Waals surface area (Å²) in [7, 11) is 1.49. The van der Waals surface area contributed by atoms with Crippen LogP contribution in [0.15, 0.2) is 29.1 Å². The summed E-state index contributed by atoms with van der Waals surface area (Å²) in [5.41, 5.74) is -0.815. The van der Waals surface area contributed by atoms with Crippen LogP contribution in [0.2, 0.25) is 5.02 Å². The summed E-state index contributed by atoms with van der Waals surface area (Å²) >= 11 is 5.87. The van der Waals surface area contributed by atoms with E-state index in [9.17, 15) is 41.0 Å². The highest BCUT2D eigenvalue weighted by atomic mass is 35.5. The van der Waals surface area contributed by atoms with E-state index in [0.29, 0.717) is 16.0 Å². The van der Waals surface area contributed by atoms with Crippen LogP contribution in [-0.2, 0) is 24.4 Å². The van der Waals surface area contributed by atoms with Crippen LogP contribution in [0.25, 0.3) is 11.4 Å². The lowest BCUT2D eigenvalue weighted by Crippen LogP contribution is -2.37. The molecule has 0 saturated carbocycles. The van der Waals surface area contributed by atoms with E-state index in [4.69, 9.17) is 11.6 Å². The highest BCUT2D eigenvalue weighted by molar-refractivity contribution is 6.30.